The number of pyridine rings is 1. The molecule has 0 saturated carbocycles. The molecule has 0 spiro atoms. The molecule has 2 aromatic rings. The van der Waals surface area contributed by atoms with Crippen molar-refractivity contribution < 1.29 is 0 Å². The molecule has 3 nitrogen and oxygen atoms in total. The molecule has 104 valence electrons. The molecule has 3 N–H and O–H groups in total. The molecule has 1 aromatic carbocycles. The topological polar surface area (TPSA) is 62.8 Å². The van der Waals surface area contributed by atoms with E-state index in [0.717, 1.165) is 11.3 Å². The van der Waals surface area contributed by atoms with Crippen molar-refractivity contribution in [3.05, 3.63) is 59.4 Å². The first-order valence-corrected chi connectivity index (χ1v) is 7.57. The van der Waals surface area contributed by atoms with Gasteiger partial charge in [-0.15, -0.1) is 11.8 Å². The lowest BCUT2D eigenvalue weighted by Crippen LogP contribution is -2.15. The predicted octanol–water partition coefficient (Wildman–Crippen LogP) is 3.78. The molecular weight excluding hydrogens is 266 g/mol. The van der Waals surface area contributed by atoms with E-state index in [2.05, 4.69) is 43.1 Å². The summed E-state index contributed by atoms with van der Waals surface area (Å²) < 4.78 is 0. The van der Waals surface area contributed by atoms with Crippen LogP contribution in [-0.4, -0.2) is 10.8 Å². The van der Waals surface area contributed by atoms with Gasteiger partial charge in [-0.3, -0.25) is 10.4 Å². The largest absolute Gasteiger partial charge is 0.382 e. The highest BCUT2D eigenvalue weighted by Gasteiger charge is 2.07. The number of nitrogens with one attached hydrogen (secondary N) is 1. The van der Waals surface area contributed by atoms with Crippen molar-refractivity contribution in [1.29, 1.82) is 5.41 Å². The smallest absolute Gasteiger partial charge is 0.142 e. The van der Waals surface area contributed by atoms with Crippen LogP contribution < -0.4 is 5.73 Å². The van der Waals surface area contributed by atoms with E-state index in [1.54, 1.807) is 18.0 Å². The van der Waals surface area contributed by atoms with Gasteiger partial charge in [-0.2, -0.15) is 0 Å². The van der Waals surface area contributed by atoms with Gasteiger partial charge in [-0.1, -0.05) is 32.0 Å². The van der Waals surface area contributed by atoms with Crippen molar-refractivity contribution in [2.24, 2.45) is 5.73 Å². The molecule has 0 aliphatic carbocycles. The fraction of sp³-hybridized carbons (Fsp3) is 0.250. The summed E-state index contributed by atoms with van der Waals surface area (Å²) in [7, 11) is 0. The van der Waals surface area contributed by atoms with Crippen LogP contribution in [0.1, 0.15) is 36.6 Å². The molecule has 0 fully saturated rings. The second-order valence-electron chi connectivity index (χ2n) is 4.94. The van der Waals surface area contributed by atoms with Gasteiger partial charge in [0.1, 0.15) is 11.5 Å². The van der Waals surface area contributed by atoms with Crippen LogP contribution in [0.25, 0.3) is 0 Å². The number of thioether (sulfide) groups is 1. The van der Waals surface area contributed by atoms with Crippen LogP contribution in [0.3, 0.4) is 0 Å². The molecule has 0 aliphatic heterocycles. The van der Waals surface area contributed by atoms with Gasteiger partial charge in [0.2, 0.25) is 0 Å². The van der Waals surface area contributed by atoms with Gasteiger partial charge in [0.05, 0.1) is 0 Å². The molecule has 1 aromatic heterocycles. The zero-order valence-corrected chi connectivity index (χ0v) is 12.6. The third-order valence-electron chi connectivity index (χ3n) is 3.09. The standard InChI is InChI=1S/C16H19N3S/c1-11(2)12-5-7-14(8-6-12)20-10-13-4-3-9-19-15(13)16(17)18/h3-9,11H,10H2,1-2H3,(H3,17,18). The van der Waals surface area contributed by atoms with Gasteiger partial charge >= 0.3 is 0 Å². The summed E-state index contributed by atoms with van der Waals surface area (Å²) in [5.41, 5.74) is 8.48. The second kappa shape index (κ2) is 6.57. The molecule has 0 bridgehead atoms. The van der Waals surface area contributed by atoms with Crippen molar-refractivity contribution >= 4 is 17.6 Å². The highest BCUT2D eigenvalue weighted by Crippen LogP contribution is 2.25. The minimum atomic E-state index is 0.0244. The first kappa shape index (κ1) is 14.6. The van der Waals surface area contributed by atoms with Crippen molar-refractivity contribution in [1.82, 2.24) is 4.98 Å². The molecule has 20 heavy (non-hydrogen) atoms. The van der Waals surface area contributed by atoms with Crippen LogP contribution >= 0.6 is 11.8 Å². The summed E-state index contributed by atoms with van der Waals surface area (Å²) in [6.45, 7) is 4.38. The second-order valence-corrected chi connectivity index (χ2v) is 5.99. The molecule has 0 aliphatic rings. The number of aromatic nitrogens is 1. The van der Waals surface area contributed by atoms with Gasteiger partial charge < -0.3 is 5.73 Å². The van der Waals surface area contributed by atoms with E-state index >= 15 is 0 Å². The maximum absolute atomic E-state index is 7.54. The van der Waals surface area contributed by atoms with E-state index < -0.39 is 0 Å². The number of amidine groups is 1. The maximum atomic E-state index is 7.54. The molecule has 1 heterocycles. The lowest BCUT2D eigenvalue weighted by atomic mass is 10.0. The Morgan fingerprint density at radius 1 is 1.25 bits per heavy atom. The van der Waals surface area contributed by atoms with Gasteiger partial charge in [-0.05, 0) is 35.2 Å². The lowest BCUT2D eigenvalue weighted by molar-refractivity contribution is 0.865. The van der Waals surface area contributed by atoms with E-state index in [1.807, 2.05) is 12.1 Å². The normalized spacial score (nSPS) is 10.8. The summed E-state index contributed by atoms with van der Waals surface area (Å²) in [6.07, 6.45) is 1.67. The molecule has 4 heteroatoms. The monoisotopic (exact) mass is 285 g/mol. The first-order chi connectivity index (χ1) is 9.58. The third kappa shape index (κ3) is 3.61. The molecule has 2 rings (SSSR count). The molecule has 0 unspecified atom stereocenters. The Morgan fingerprint density at radius 2 is 1.95 bits per heavy atom. The van der Waals surface area contributed by atoms with Gasteiger partial charge in [0, 0.05) is 16.8 Å². The average Bonchev–Trinajstić information content (AvgIpc) is 2.45. The van der Waals surface area contributed by atoms with E-state index in [1.165, 1.54) is 10.5 Å². The zero-order valence-electron chi connectivity index (χ0n) is 11.8. The van der Waals surface area contributed by atoms with E-state index in [4.69, 9.17) is 11.1 Å². The van der Waals surface area contributed by atoms with Crippen molar-refractivity contribution in [2.75, 3.05) is 0 Å². The minimum absolute atomic E-state index is 0.0244. The molecule has 0 amide bonds. The highest BCUT2D eigenvalue weighted by atomic mass is 32.2. The van der Waals surface area contributed by atoms with Crippen molar-refractivity contribution in [2.45, 2.75) is 30.4 Å². The Labute approximate surface area is 124 Å². The summed E-state index contributed by atoms with van der Waals surface area (Å²) >= 11 is 1.73. The number of hydrogen-bond acceptors (Lipinski definition) is 3. The number of benzene rings is 1. The van der Waals surface area contributed by atoms with E-state index in [-0.39, 0.29) is 5.84 Å². The summed E-state index contributed by atoms with van der Waals surface area (Å²) in [6, 6.07) is 12.5. The minimum Gasteiger partial charge on any atom is -0.382 e. The molecule has 0 radical (unpaired) electrons. The predicted molar refractivity (Wildman–Crippen MR) is 85.3 cm³/mol. The van der Waals surface area contributed by atoms with E-state index in [0.29, 0.717) is 11.6 Å². The molecule has 0 saturated heterocycles. The van der Waals surface area contributed by atoms with Gasteiger partial charge in [-0.25, -0.2) is 0 Å². The Morgan fingerprint density at radius 3 is 2.55 bits per heavy atom. The first-order valence-electron chi connectivity index (χ1n) is 6.59. The SMILES string of the molecule is CC(C)c1ccc(SCc2cccnc2C(=N)N)cc1. The van der Waals surface area contributed by atoms with Crippen LogP contribution in [0.5, 0.6) is 0 Å². The van der Waals surface area contributed by atoms with Gasteiger partial charge in [0.15, 0.2) is 0 Å². The van der Waals surface area contributed by atoms with Crippen LogP contribution in [0, 0.1) is 5.41 Å². The van der Waals surface area contributed by atoms with Gasteiger partial charge in [0.25, 0.3) is 0 Å². The summed E-state index contributed by atoms with van der Waals surface area (Å²) in [4.78, 5) is 5.38. The fourth-order valence-electron chi connectivity index (χ4n) is 1.91. The van der Waals surface area contributed by atoms with Crippen molar-refractivity contribution in [3.8, 4) is 0 Å². The Hall–Kier alpha value is -1.81. The number of nitrogens with zero attached hydrogens (tertiary/aromatic N) is 1. The number of hydrogen-bond donors (Lipinski definition) is 2. The van der Waals surface area contributed by atoms with Crippen LogP contribution in [0.4, 0.5) is 0 Å². The zero-order chi connectivity index (χ0) is 14.5. The van der Waals surface area contributed by atoms with E-state index in [9.17, 15) is 0 Å². The lowest BCUT2D eigenvalue weighted by Gasteiger charge is -2.08. The van der Waals surface area contributed by atoms with Crippen LogP contribution in [-0.2, 0) is 5.75 Å². The Kier molecular flexibility index (Phi) is 4.79. The number of nitrogens with two attached hydrogens (primary N) is 1. The highest BCUT2D eigenvalue weighted by molar-refractivity contribution is 7.98. The fourth-order valence-corrected chi connectivity index (χ4v) is 2.79. The summed E-state index contributed by atoms with van der Waals surface area (Å²) in [5.74, 6) is 1.34. The quantitative estimate of drug-likeness (QED) is 0.499. The third-order valence-corrected chi connectivity index (χ3v) is 4.15. The molecular formula is C16H19N3S. The number of rotatable bonds is 5. The van der Waals surface area contributed by atoms with Crippen LogP contribution in [0.2, 0.25) is 0 Å². The van der Waals surface area contributed by atoms with Crippen molar-refractivity contribution in [3.63, 3.8) is 0 Å². The maximum Gasteiger partial charge on any atom is 0.142 e. The van der Waals surface area contributed by atoms with Crippen LogP contribution in [0.15, 0.2) is 47.5 Å². The Bertz CT molecular complexity index is 591. The summed E-state index contributed by atoms with van der Waals surface area (Å²) in [5, 5.41) is 7.54. The average molecular weight is 285 g/mol. The number of nitrogen functional groups attached to an aromatic ring is 1. The molecule has 0 atom stereocenters. The Balaban J connectivity index is 2.07.